The van der Waals surface area contributed by atoms with Crippen LogP contribution in [-0.2, 0) is 11.3 Å². The van der Waals surface area contributed by atoms with E-state index >= 15 is 0 Å². The summed E-state index contributed by atoms with van der Waals surface area (Å²) >= 11 is 0. The third-order valence-electron chi connectivity index (χ3n) is 4.12. The number of aromatic carboxylic acids is 1. The highest BCUT2D eigenvalue weighted by Gasteiger charge is 2.10. The van der Waals surface area contributed by atoms with Crippen molar-refractivity contribution in [1.82, 2.24) is 4.90 Å². The van der Waals surface area contributed by atoms with Crippen molar-refractivity contribution >= 4 is 18.1 Å². The van der Waals surface area contributed by atoms with Gasteiger partial charge < -0.3 is 9.84 Å². The zero-order chi connectivity index (χ0) is 16.8. The van der Waals surface area contributed by atoms with Gasteiger partial charge in [0.2, 0.25) is 0 Å². The van der Waals surface area contributed by atoms with E-state index in [2.05, 4.69) is 29.2 Å². The Morgan fingerprint density at radius 1 is 0.958 bits per heavy atom. The molecule has 1 fully saturated rings. The van der Waals surface area contributed by atoms with Crippen LogP contribution in [0.4, 0.5) is 0 Å². The molecule has 2 aromatic rings. The molecule has 2 aromatic carbocycles. The van der Waals surface area contributed by atoms with Gasteiger partial charge in [-0.25, -0.2) is 4.79 Å². The number of hydrogen-bond donors (Lipinski definition) is 1. The van der Waals surface area contributed by atoms with E-state index in [1.165, 1.54) is 5.56 Å². The second-order valence-electron chi connectivity index (χ2n) is 5.89. The van der Waals surface area contributed by atoms with E-state index in [1.54, 1.807) is 12.1 Å². The molecule has 0 unspecified atom stereocenters. The van der Waals surface area contributed by atoms with Gasteiger partial charge in [-0.2, -0.15) is 0 Å². The number of carboxylic acid groups (broad SMARTS) is 1. The maximum Gasteiger partial charge on any atom is 0.335 e. The Morgan fingerprint density at radius 2 is 1.50 bits per heavy atom. The first-order chi connectivity index (χ1) is 11.7. The molecule has 0 bridgehead atoms. The molecule has 3 rings (SSSR count). The summed E-state index contributed by atoms with van der Waals surface area (Å²) < 4.78 is 5.37. The molecule has 0 aliphatic carbocycles. The lowest BCUT2D eigenvalue weighted by atomic mass is 10.1. The number of nitrogens with zero attached hydrogens (tertiary/aromatic N) is 1. The predicted molar refractivity (Wildman–Crippen MR) is 94.9 cm³/mol. The molecule has 4 nitrogen and oxygen atoms in total. The van der Waals surface area contributed by atoms with Crippen molar-refractivity contribution in [1.29, 1.82) is 0 Å². The molecule has 124 valence electrons. The maximum atomic E-state index is 10.8. The molecule has 1 aliphatic heterocycles. The summed E-state index contributed by atoms with van der Waals surface area (Å²) in [6.45, 7) is 4.59. The molecule has 1 saturated heterocycles. The summed E-state index contributed by atoms with van der Waals surface area (Å²) in [6, 6.07) is 15.4. The van der Waals surface area contributed by atoms with Gasteiger partial charge >= 0.3 is 5.97 Å². The summed E-state index contributed by atoms with van der Waals surface area (Å²) in [5.74, 6) is -0.901. The molecular formula is C20H21NO3. The van der Waals surface area contributed by atoms with E-state index in [0.717, 1.165) is 44.0 Å². The van der Waals surface area contributed by atoms with Crippen LogP contribution in [0.5, 0.6) is 0 Å². The minimum atomic E-state index is -0.901. The average molecular weight is 323 g/mol. The van der Waals surface area contributed by atoms with Crippen molar-refractivity contribution in [3.05, 3.63) is 70.8 Å². The predicted octanol–water partition coefficient (Wildman–Crippen LogP) is 3.39. The summed E-state index contributed by atoms with van der Waals surface area (Å²) in [5, 5.41) is 8.90. The fourth-order valence-electron chi connectivity index (χ4n) is 2.68. The lowest BCUT2D eigenvalue weighted by molar-refractivity contribution is 0.0342. The van der Waals surface area contributed by atoms with Gasteiger partial charge in [0, 0.05) is 19.6 Å². The van der Waals surface area contributed by atoms with Crippen molar-refractivity contribution in [3.8, 4) is 0 Å². The van der Waals surface area contributed by atoms with Crippen LogP contribution in [0.25, 0.3) is 12.2 Å². The third kappa shape index (κ3) is 4.54. The quantitative estimate of drug-likeness (QED) is 0.857. The molecule has 0 saturated carbocycles. The number of hydrogen-bond acceptors (Lipinski definition) is 3. The number of morpholine rings is 1. The van der Waals surface area contributed by atoms with E-state index in [-0.39, 0.29) is 0 Å². The molecule has 0 aromatic heterocycles. The molecule has 24 heavy (non-hydrogen) atoms. The van der Waals surface area contributed by atoms with Crippen LogP contribution >= 0.6 is 0 Å². The van der Waals surface area contributed by atoms with Gasteiger partial charge in [0.1, 0.15) is 0 Å². The van der Waals surface area contributed by atoms with Gasteiger partial charge in [-0.05, 0) is 28.8 Å². The molecule has 1 heterocycles. The Labute approximate surface area is 142 Å². The fourth-order valence-corrected chi connectivity index (χ4v) is 2.68. The van der Waals surface area contributed by atoms with Crippen LogP contribution < -0.4 is 0 Å². The first kappa shape index (κ1) is 16.4. The number of carbonyl (C=O) groups is 1. The smallest absolute Gasteiger partial charge is 0.335 e. The first-order valence-corrected chi connectivity index (χ1v) is 8.11. The van der Waals surface area contributed by atoms with Gasteiger partial charge in [0.05, 0.1) is 18.8 Å². The topological polar surface area (TPSA) is 49.8 Å². The number of ether oxygens (including phenoxy) is 1. The minimum Gasteiger partial charge on any atom is -0.478 e. The van der Waals surface area contributed by atoms with Gasteiger partial charge in [-0.15, -0.1) is 0 Å². The highest BCUT2D eigenvalue weighted by molar-refractivity contribution is 5.88. The van der Waals surface area contributed by atoms with Gasteiger partial charge in [-0.3, -0.25) is 4.90 Å². The Hall–Kier alpha value is -2.43. The molecule has 1 aliphatic rings. The number of carboxylic acids is 1. The Bertz CT molecular complexity index is 699. The van der Waals surface area contributed by atoms with Gasteiger partial charge in [-0.1, -0.05) is 48.6 Å². The maximum absolute atomic E-state index is 10.8. The lowest BCUT2D eigenvalue weighted by Crippen LogP contribution is -2.35. The van der Waals surface area contributed by atoms with Crippen LogP contribution in [0.2, 0.25) is 0 Å². The van der Waals surface area contributed by atoms with E-state index < -0.39 is 5.97 Å². The monoisotopic (exact) mass is 323 g/mol. The Balaban J connectivity index is 1.59. The Kier molecular flexibility index (Phi) is 5.41. The van der Waals surface area contributed by atoms with Crippen molar-refractivity contribution in [2.24, 2.45) is 0 Å². The minimum absolute atomic E-state index is 0.305. The average Bonchev–Trinajstić information content (AvgIpc) is 2.62. The van der Waals surface area contributed by atoms with Gasteiger partial charge in [0.25, 0.3) is 0 Å². The summed E-state index contributed by atoms with van der Waals surface area (Å²) in [5.41, 5.74) is 3.72. The normalized spacial score (nSPS) is 15.7. The second-order valence-corrected chi connectivity index (χ2v) is 5.89. The molecular weight excluding hydrogens is 302 g/mol. The van der Waals surface area contributed by atoms with E-state index in [9.17, 15) is 4.79 Å². The van der Waals surface area contributed by atoms with Crippen LogP contribution in [0.1, 0.15) is 27.0 Å². The second kappa shape index (κ2) is 7.90. The SMILES string of the molecule is O=C(O)c1ccc(/C=C\c2ccc(CN3CCOCC3)cc2)cc1. The molecule has 0 radical (unpaired) electrons. The summed E-state index contributed by atoms with van der Waals surface area (Å²) in [6.07, 6.45) is 4.02. The largest absolute Gasteiger partial charge is 0.478 e. The van der Waals surface area contributed by atoms with E-state index in [4.69, 9.17) is 9.84 Å². The highest BCUT2D eigenvalue weighted by Crippen LogP contribution is 2.13. The molecule has 1 N–H and O–H groups in total. The van der Waals surface area contributed by atoms with Crippen molar-refractivity contribution in [2.45, 2.75) is 6.54 Å². The van der Waals surface area contributed by atoms with Crippen LogP contribution in [-0.4, -0.2) is 42.3 Å². The van der Waals surface area contributed by atoms with Crippen molar-refractivity contribution in [3.63, 3.8) is 0 Å². The summed E-state index contributed by atoms with van der Waals surface area (Å²) in [4.78, 5) is 13.2. The molecule has 0 atom stereocenters. The highest BCUT2D eigenvalue weighted by atomic mass is 16.5. The Morgan fingerprint density at radius 3 is 2.04 bits per heavy atom. The number of rotatable bonds is 5. The molecule has 0 spiro atoms. The molecule has 0 amide bonds. The summed E-state index contributed by atoms with van der Waals surface area (Å²) in [7, 11) is 0. The van der Waals surface area contributed by atoms with Crippen LogP contribution in [0.15, 0.2) is 48.5 Å². The number of benzene rings is 2. The zero-order valence-corrected chi connectivity index (χ0v) is 13.5. The first-order valence-electron chi connectivity index (χ1n) is 8.11. The van der Waals surface area contributed by atoms with Crippen LogP contribution in [0, 0.1) is 0 Å². The lowest BCUT2D eigenvalue weighted by Gasteiger charge is -2.26. The van der Waals surface area contributed by atoms with Gasteiger partial charge in [0.15, 0.2) is 0 Å². The van der Waals surface area contributed by atoms with Crippen molar-refractivity contribution in [2.75, 3.05) is 26.3 Å². The standard InChI is InChI=1S/C20H21NO3/c22-20(23)19-9-7-17(8-10-19)2-1-16-3-5-18(6-4-16)15-21-11-13-24-14-12-21/h1-10H,11-15H2,(H,22,23)/b2-1-. The third-order valence-corrected chi connectivity index (χ3v) is 4.12. The zero-order valence-electron chi connectivity index (χ0n) is 13.5. The molecule has 4 heteroatoms. The van der Waals surface area contributed by atoms with Crippen LogP contribution in [0.3, 0.4) is 0 Å². The van der Waals surface area contributed by atoms with E-state index in [0.29, 0.717) is 5.56 Å². The fraction of sp³-hybridized carbons (Fsp3) is 0.250. The van der Waals surface area contributed by atoms with Crippen molar-refractivity contribution < 1.29 is 14.6 Å². The van der Waals surface area contributed by atoms with E-state index in [1.807, 2.05) is 24.3 Å².